The van der Waals surface area contributed by atoms with Crippen LogP contribution < -0.4 is 0 Å². The van der Waals surface area contributed by atoms with Crippen molar-refractivity contribution in [2.45, 2.75) is 169 Å². The van der Waals surface area contributed by atoms with Gasteiger partial charge < -0.3 is 9.13 Å². The van der Waals surface area contributed by atoms with Gasteiger partial charge in [0.05, 0.1) is 0 Å². The molecule has 8 heteroatoms. The summed E-state index contributed by atoms with van der Waals surface area (Å²) in [6.07, 6.45) is 23.7. The van der Waals surface area contributed by atoms with E-state index in [1.165, 1.54) is 156 Å². The Morgan fingerprint density at radius 1 is 0.262 bits per heavy atom. The summed E-state index contributed by atoms with van der Waals surface area (Å²) in [5, 5.41) is 11.5. The van der Waals surface area contributed by atoms with E-state index in [2.05, 4.69) is 110 Å². The molecule has 0 spiro atoms. The Hall–Kier alpha value is -7.84. The Morgan fingerprint density at radius 2 is 0.524 bits per heavy atom. The Balaban J connectivity index is 0.796. The van der Waals surface area contributed by atoms with Gasteiger partial charge in [-0.25, -0.2) is 0 Å². The smallest absolute Gasteiger partial charge is 0.261 e. The normalized spacial score (nSPS) is 13.7. The van der Waals surface area contributed by atoms with Crippen molar-refractivity contribution in [1.29, 1.82) is 0 Å². The number of fused-ring (bicyclic) bond motifs is 8. The van der Waals surface area contributed by atoms with E-state index < -0.39 is 0 Å². The molecule has 0 unspecified atom stereocenters. The van der Waals surface area contributed by atoms with Gasteiger partial charge in [0.25, 0.3) is 23.6 Å². The molecule has 84 heavy (non-hydrogen) atoms. The van der Waals surface area contributed by atoms with Gasteiger partial charge in [-0.15, -0.1) is 0 Å². The quantitative estimate of drug-likeness (QED) is 0.0234. The van der Waals surface area contributed by atoms with Crippen molar-refractivity contribution in [1.82, 2.24) is 18.9 Å². The molecule has 0 saturated carbocycles. The molecular formula is C76H80N4O4. The van der Waals surface area contributed by atoms with Crippen molar-refractivity contribution >= 4 is 110 Å². The highest BCUT2D eigenvalue weighted by Crippen LogP contribution is 2.47. The van der Waals surface area contributed by atoms with Crippen LogP contribution in [-0.4, -0.2) is 55.7 Å². The highest BCUT2D eigenvalue weighted by molar-refractivity contribution is 6.41. The zero-order chi connectivity index (χ0) is 57.6. The van der Waals surface area contributed by atoms with Crippen molar-refractivity contribution in [2.75, 3.05) is 13.1 Å². The Bertz CT molecular complexity index is 3850. The van der Waals surface area contributed by atoms with Gasteiger partial charge in [-0.3, -0.25) is 29.0 Å². The molecule has 4 amide bonds. The van der Waals surface area contributed by atoms with Crippen molar-refractivity contribution in [3.8, 4) is 0 Å². The van der Waals surface area contributed by atoms with Crippen LogP contribution >= 0.6 is 0 Å². The zero-order valence-electron chi connectivity index (χ0n) is 49.9. The van der Waals surface area contributed by atoms with Gasteiger partial charge in [-0.2, -0.15) is 0 Å². The number of hydrogen-bond acceptors (Lipinski definition) is 4. The fourth-order valence-corrected chi connectivity index (χ4v) is 14.7. The highest BCUT2D eigenvalue weighted by Gasteiger charge is 2.37. The van der Waals surface area contributed by atoms with E-state index in [0.29, 0.717) is 46.1 Å². The van der Waals surface area contributed by atoms with E-state index in [1.807, 2.05) is 48.5 Å². The van der Waals surface area contributed by atoms with Crippen LogP contribution in [0.1, 0.15) is 194 Å². The largest absolute Gasteiger partial charge is 0.339 e. The summed E-state index contributed by atoms with van der Waals surface area (Å²) in [4.78, 5) is 62.5. The maximum Gasteiger partial charge on any atom is 0.261 e. The number of rotatable bonds is 26. The second-order valence-corrected chi connectivity index (χ2v) is 24.6. The minimum atomic E-state index is -0.293. The van der Waals surface area contributed by atoms with Gasteiger partial charge in [0.2, 0.25) is 0 Å². The fraction of sp³-hybridized carbons (Fsp3) is 0.368. The van der Waals surface area contributed by atoms with Crippen LogP contribution in [-0.2, 0) is 38.8 Å². The van der Waals surface area contributed by atoms with E-state index in [1.54, 1.807) is 0 Å². The van der Waals surface area contributed by atoms with Gasteiger partial charge in [0.1, 0.15) is 0 Å². The van der Waals surface area contributed by atoms with E-state index in [-0.39, 0.29) is 36.7 Å². The predicted molar refractivity (Wildman–Crippen MR) is 349 cm³/mol. The van der Waals surface area contributed by atoms with E-state index in [4.69, 9.17) is 0 Å². The lowest BCUT2D eigenvalue weighted by Gasteiger charge is -2.30. The topological polar surface area (TPSA) is 84.6 Å². The lowest BCUT2D eigenvalue weighted by molar-refractivity contribution is 0.0590. The monoisotopic (exact) mass is 1110 g/mol. The summed E-state index contributed by atoms with van der Waals surface area (Å²) in [6, 6.07) is 43.1. The molecule has 0 aliphatic carbocycles. The molecule has 13 rings (SSSR count). The van der Waals surface area contributed by atoms with E-state index in [9.17, 15) is 19.2 Å². The molecule has 2 aliphatic rings. The second-order valence-electron chi connectivity index (χ2n) is 24.6. The summed E-state index contributed by atoms with van der Waals surface area (Å²) in [7, 11) is 0. The lowest BCUT2D eigenvalue weighted by Crippen LogP contribution is -2.42. The first-order valence-corrected chi connectivity index (χ1v) is 32.2. The number of hydrogen-bond donors (Lipinski definition) is 0. The van der Waals surface area contributed by atoms with Gasteiger partial charge in [0.15, 0.2) is 0 Å². The summed E-state index contributed by atoms with van der Waals surface area (Å²) in [6.45, 7) is 10.4. The number of imide groups is 2. The molecule has 2 aromatic heterocycles. The molecule has 0 saturated heterocycles. The highest BCUT2D eigenvalue weighted by atomic mass is 16.2. The van der Waals surface area contributed by atoms with Gasteiger partial charge in [0, 0.05) is 103 Å². The maximum absolute atomic E-state index is 14.9. The predicted octanol–water partition coefficient (Wildman–Crippen LogP) is 19.0. The summed E-state index contributed by atoms with van der Waals surface area (Å²) >= 11 is 0. The average molecular weight is 1110 g/mol. The number of unbranched alkanes of at least 4 members (excludes halogenated alkanes) is 12. The maximum atomic E-state index is 14.9. The van der Waals surface area contributed by atoms with Crippen molar-refractivity contribution < 1.29 is 19.2 Å². The van der Waals surface area contributed by atoms with Crippen LogP contribution in [0, 0.1) is 0 Å². The molecule has 0 bridgehead atoms. The molecule has 0 fully saturated rings. The third-order valence-corrected chi connectivity index (χ3v) is 19.2. The van der Waals surface area contributed by atoms with Crippen molar-refractivity contribution in [2.24, 2.45) is 0 Å². The van der Waals surface area contributed by atoms with E-state index in [0.717, 1.165) is 80.1 Å². The first-order valence-electron chi connectivity index (χ1n) is 32.2. The zero-order valence-corrected chi connectivity index (χ0v) is 49.9. The van der Waals surface area contributed by atoms with Gasteiger partial charge in [-0.05, 0) is 179 Å². The minimum absolute atomic E-state index is 0.226. The Kier molecular flexibility index (Phi) is 15.6. The van der Waals surface area contributed by atoms with Crippen LogP contribution in [0.4, 0.5) is 0 Å². The summed E-state index contributed by atoms with van der Waals surface area (Å²) < 4.78 is 4.63. The molecule has 0 atom stereocenters. The molecule has 428 valence electrons. The first-order chi connectivity index (χ1) is 41.2. The number of carbonyl (C=O) groups excluding carboxylic acids is 4. The van der Waals surface area contributed by atoms with E-state index >= 15 is 0 Å². The number of nitrogens with zero attached hydrogens (tertiary/aromatic N) is 4. The summed E-state index contributed by atoms with van der Waals surface area (Å²) in [5.41, 5.74) is 11.9. The van der Waals surface area contributed by atoms with Crippen LogP contribution in [0.15, 0.2) is 121 Å². The lowest BCUT2D eigenvalue weighted by atomic mass is 9.82. The number of carbonyl (C=O) groups is 4. The van der Waals surface area contributed by atoms with Crippen LogP contribution in [0.2, 0.25) is 0 Å². The number of aromatic nitrogens is 2. The third kappa shape index (κ3) is 9.71. The summed E-state index contributed by atoms with van der Waals surface area (Å²) in [5.74, 6) is -1.17. The molecule has 8 nitrogen and oxygen atoms in total. The molecule has 9 aromatic carbocycles. The average Bonchev–Trinajstić information content (AvgIpc) is 2.04. The first kappa shape index (κ1) is 55.4. The van der Waals surface area contributed by atoms with Gasteiger partial charge in [-0.1, -0.05) is 153 Å². The molecule has 0 N–H and O–H groups in total. The minimum Gasteiger partial charge on any atom is -0.339 e. The molecule has 11 aromatic rings. The number of benzene rings is 9. The van der Waals surface area contributed by atoms with Crippen molar-refractivity contribution in [3.05, 3.63) is 166 Å². The molecule has 2 aliphatic heterocycles. The fourth-order valence-electron chi connectivity index (χ4n) is 14.7. The Morgan fingerprint density at radius 3 is 0.774 bits per heavy atom. The second kappa shape index (κ2) is 23.7. The molecule has 0 radical (unpaired) electrons. The third-order valence-electron chi connectivity index (χ3n) is 19.2. The van der Waals surface area contributed by atoms with Crippen LogP contribution in [0.3, 0.4) is 0 Å². The SMILES string of the molecule is CCCCCCc1ccc2c(c1)c1cc(CCCCCC)ccc1n2CCN1C(=O)c2ccc3c4ccc5c6c(ccc(c7ccc(c2c37)C1=O)c64)C(=O)N(CCn1c2ccc(CCCCCC)cc2c2cc(CCCCCC)ccc21)C5=O. The number of aryl methyl sites for hydroxylation is 4. The number of amides is 4. The molecule has 4 heterocycles. The van der Waals surface area contributed by atoms with Crippen LogP contribution in [0.25, 0.3) is 86.7 Å². The molecular weight excluding hydrogens is 1030 g/mol. The Labute approximate surface area is 494 Å². The van der Waals surface area contributed by atoms with Gasteiger partial charge >= 0.3 is 0 Å². The van der Waals surface area contributed by atoms with Crippen molar-refractivity contribution in [3.63, 3.8) is 0 Å². The standard InChI is InChI=1S/C76H80N4O4/c1-5-9-13-17-21-49-25-37-65-61(45-49)62-46-50(22-18-14-10-6-2)26-38-66(62)77(65)41-43-79-73(81)57-33-29-53-55-31-35-59-72-60(36-32-56(70(55)72)54-30-34-58(74(79)82)71(57)69(53)54)76(84)80(75(59)83)44-42-78-67-39-27-51(23-19-15-11-7-3)47-63(67)64-48-52(28-40-68(64)78)24-20-16-12-8-4/h25-40,45-48H,5-24,41-44H2,1-4H3. The van der Waals surface area contributed by atoms with Crippen LogP contribution in [0.5, 0.6) is 0 Å².